The minimum Gasteiger partial charge on any atom is -0.409 e. The van der Waals surface area contributed by atoms with Gasteiger partial charge in [0.25, 0.3) is 0 Å². The van der Waals surface area contributed by atoms with Gasteiger partial charge in [-0.2, -0.15) is 0 Å². The first kappa shape index (κ1) is 13.7. The summed E-state index contributed by atoms with van der Waals surface area (Å²) >= 11 is 0. The van der Waals surface area contributed by atoms with E-state index in [0.29, 0.717) is 6.42 Å². The zero-order valence-corrected chi connectivity index (χ0v) is 8.68. The largest absolute Gasteiger partial charge is 0.409 e. The highest BCUT2D eigenvalue weighted by atomic mass is 16.4. The molecular weight excluding hydrogens is 200 g/mol. The molecule has 0 aliphatic heterocycles. The number of rotatable bonds is 7. The number of nitrogens with one attached hydrogen (secondary N) is 1. The highest BCUT2D eigenvalue weighted by Crippen LogP contribution is 1.97. The molecular formula is C8H18N4O3. The Kier molecular flexibility index (Phi) is 6.39. The van der Waals surface area contributed by atoms with Gasteiger partial charge in [0, 0.05) is 19.0 Å². The Morgan fingerprint density at radius 2 is 2.13 bits per heavy atom. The first-order valence-electron chi connectivity index (χ1n) is 4.68. The topological polar surface area (TPSA) is 134 Å². The van der Waals surface area contributed by atoms with Gasteiger partial charge in [0.1, 0.15) is 11.9 Å². The number of hydrogen-bond acceptors (Lipinski definition) is 5. The lowest BCUT2D eigenvalue weighted by Gasteiger charge is -2.17. The van der Waals surface area contributed by atoms with Crippen LogP contribution < -0.4 is 16.8 Å². The van der Waals surface area contributed by atoms with Crippen LogP contribution in [-0.4, -0.2) is 40.7 Å². The smallest absolute Gasteiger partial charge is 0.247 e. The summed E-state index contributed by atoms with van der Waals surface area (Å²) in [5.41, 5.74) is 10.2. The minimum atomic E-state index is -1.22. The molecule has 0 spiro atoms. The van der Waals surface area contributed by atoms with E-state index in [1.165, 1.54) is 0 Å². The number of carbonyl (C=O) groups excluding carboxylic acids is 1. The number of carbonyl (C=O) groups is 1. The Morgan fingerprint density at radius 1 is 1.53 bits per heavy atom. The van der Waals surface area contributed by atoms with Crippen molar-refractivity contribution in [1.29, 1.82) is 0 Å². The predicted octanol–water partition coefficient (Wildman–Crippen LogP) is -1.66. The number of amides is 1. The maximum absolute atomic E-state index is 10.5. The maximum atomic E-state index is 10.5. The van der Waals surface area contributed by atoms with Gasteiger partial charge in [-0.3, -0.25) is 4.79 Å². The van der Waals surface area contributed by atoms with Crippen LogP contribution in [0.15, 0.2) is 5.16 Å². The van der Waals surface area contributed by atoms with Crippen molar-refractivity contribution >= 4 is 11.7 Å². The summed E-state index contributed by atoms with van der Waals surface area (Å²) in [6, 6.07) is -0.0603. The molecule has 0 radical (unpaired) electrons. The molecule has 0 fully saturated rings. The van der Waals surface area contributed by atoms with Gasteiger partial charge in [-0.05, 0) is 6.42 Å². The second kappa shape index (κ2) is 7.02. The molecule has 7 heteroatoms. The SMILES string of the molecule is CCC(CC(N)=NO)NCC(O)C(N)=O. The summed E-state index contributed by atoms with van der Waals surface area (Å²) in [7, 11) is 0. The average Bonchev–Trinajstić information content (AvgIpc) is 2.22. The molecule has 0 aliphatic carbocycles. The van der Waals surface area contributed by atoms with Crippen molar-refractivity contribution in [3.63, 3.8) is 0 Å². The Labute approximate surface area is 88.1 Å². The molecule has 15 heavy (non-hydrogen) atoms. The lowest BCUT2D eigenvalue weighted by molar-refractivity contribution is -0.125. The van der Waals surface area contributed by atoms with Crippen LogP contribution in [0, 0.1) is 0 Å². The molecule has 0 aromatic rings. The van der Waals surface area contributed by atoms with E-state index in [0.717, 1.165) is 6.42 Å². The van der Waals surface area contributed by atoms with E-state index in [1.54, 1.807) is 0 Å². The molecule has 2 atom stereocenters. The molecule has 7 N–H and O–H groups in total. The molecule has 0 heterocycles. The van der Waals surface area contributed by atoms with Crippen molar-refractivity contribution in [2.75, 3.05) is 6.54 Å². The average molecular weight is 218 g/mol. The van der Waals surface area contributed by atoms with E-state index in [9.17, 15) is 4.79 Å². The van der Waals surface area contributed by atoms with E-state index >= 15 is 0 Å². The Morgan fingerprint density at radius 3 is 2.53 bits per heavy atom. The predicted molar refractivity (Wildman–Crippen MR) is 55.3 cm³/mol. The highest BCUT2D eigenvalue weighted by Gasteiger charge is 2.14. The fraction of sp³-hybridized carbons (Fsp3) is 0.750. The molecule has 0 aliphatic rings. The van der Waals surface area contributed by atoms with Crippen molar-refractivity contribution < 1.29 is 15.1 Å². The molecule has 0 saturated carbocycles. The summed E-state index contributed by atoms with van der Waals surface area (Å²) in [5, 5.41) is 23.2. The molecule has 1 amide bonds. The van der Waals surface area contributed by atoms with Crippen LogP contribution in [0.2, 0.25) is 0 Å². The van der Waals surface area contributed by atoms with Crippen LogP contribution in [0.5, 0.6) is 0 Å². The van der Waals surface area contributed by atoms with Crippen molar-refractivity contribution in [3.05, 3.63) is 0 Å². The third kappa shape index (κ3) is 5.87. The highest BCUT2D eigenvalue weighted by molar-refractivity contribution is 5.80. The third-order valence-corrected chi connectivity index (χ3v) is 2.01. The molecule has 0 aromatic carbocycles. The normalized spacial score (nSPS) is 16.0. The Hall–Kier alpha value is -1.34. The van der Waals surface area contributed by atoms with E-state index in [4.69, 9.17) is 21.8 Å². The maximum Gasteiger partial charge on any atom is 0.247 e. The third-order valence-electron chi connectivity index (χ3n) is 2.01. The Balaban J connectivity index is 3.95. The van der Waals surface area contributed by atoms with Crippen molar-refractivity contribution in [2.24, 2.45) is 16.6 Å². The minimum absolute atomic E-state index is 0.0603. The van der Waals surface area contributed by atoms with Crippen LogP contribution in [0.1, 0.15) is 19.8 Å². The van der Waals surface area contributed by atoms with E-state index < -0.39 is 12.0 Å². The van der Waals surface area contributed by atoms with Gasteiger partial charge in [-0.1, -0.05) is 12.1 Å². The zero-order valence-electron chi connectivity index (χ0n) is 8.68. The van der Waals surface area contributed by atoms with Gasteiger partial charge in [-0.15, -0.1) is 0 Å². The van der Waals surface area contributed by atoms with Crippen molar-refractivity contribution in [1.82, 2.24) is 5.32 Å². The monoisotopic (exact) mass is 218 g/mol. The second-order valence-electron chi connectivity index (χ2n) is 3.23. The number of oxime groups is 1. The number of hydrogen-bond donors (Lipinski definition) is 5. The zero-order chi connectivity index (χ0) is 11.8. The van der Waals surface area contributed by atoms with Crippen molar-refractivity contribution in [3.8, 4) is 0 Å². The van der Waals surface area contributed by atoms with Crippen LogP contribution in [0.4, 0.5) is 0 Å². The quantitative estimate of drug-likeness (QED) is 0.151. The fourth-order valence-corrected chi connectivity index (χ4v) is 1.03. The standard InChI is InChI=1S/C8H18N4O3/c1-2-5(3-7(9)12-15)11-4-6(13)8(10)14/h5-6,11,13,15H,2-4H2,1H3,(H2,9,12)(H2,10,14). The summed E-state index contributed by atoms with van der Waals surface area (Å²) in [6.45, 7) is 1.96. The molecule has 0 rings (SSSR count). The lowest BCUT2D eigenvalue weighted by atomic mass is 10.1. The van der Waals surface area contributed by atoms with Crippen molar-refractivity contribution in [2.45, 2.75) is 31.9 Å². The second-order valence-corrected chi connectivity index (χ2v) is 3.23. The van der Waals surface area contributed by atoms with Crippen LogP contribution in [0.25, 0.3) is 0 Å². The van der Waals surface area contributed by atoms with Gasteiger partial charge in [-0.25, -0.2) is 0 Å². The molecule has 88 valence electrons. The number of aliphatic hydroxyl groups excluding tert-OH is 1. The number of nitrogens with two attached hydrogens (primary N) is 2. The first-order valence-corrected chi connectivity index (χ1v) is 4.68. The molecule has 0 aromatic heterocycles. The molecule has 0 saturated heterocycles. The lowest BCUT2D eigenvalue weighted by Crippen LogP contribution is -2.42. The van der Waals surface area contributed by atoms with Gasteiger partial charge >= 0.3 is 0 Å². The number of primary amides is 1. The number of amidine groups is 1. The summed E-state index contributed by atoms with van der Waals surface area (Å²) in [4.78, 5) is 10.5. The van der Waals surface area contributed by atoms with Crippen LogP contribution in [0.3, 0.4) is 0 Å². The van der Waals surface area contributed by atoms with E-state index in [-0.39, 0.29) is 18.4 Å². The molecule has 2 unspecified atom stereocenters. The first-order chi connectivity index (χ1) is 7.01. The number of aliphatic hydroxyl groups is 1. The van der Waals surface area contributed by atoms with E-state index in [2.05, 4.69) is 10.5 Å². The summed E-state index contributed by atoms with van der Waals surface area (Å²) in [5.74, 6) is -0.677. The van der Waals surface area contributed by atoms with Gasteiger partial charge in [0.05, 0.1) is 0 Å². The van der Waals surface area contributed by atoms with Gasteiger partial charge < -0.3 is 27.1 Å². The molecule has 7 nitrogen and oxygen atoms in total. The van der Waals surface area contributed by atoms with Gasteiger partial charge in [0.15, 0.2) is 0 Å². The Bertz CT molecular complexity index is 232. The number of nitrogens with zero attached hydrogens (tertiary/aromatic N) is 1. The summed E-state index contributed by atoms with van der Waals surface area (Å²) < 4.78 is 0. The molecule has 0 bridgehead atoms. The van der Waals surface area contributed by atoms with E-state index in [1.807, 2.05) is 6.92 Å². The van der Waals surface area contributed by atoms with Crippen LogP contribution >= 0.6 is 0 Å². The van der Waals surface area contributed by atoms with Crippen LogP contribution in [-0.2, 0) is 4.79 Å². The summed E-state index contributed by atoms with van der Waals surface area (Å²) in [6.07, 6.45) is -0.147. The van der Waals surface area contributed by atoms with Gasteiger partial charge in [0.2, 0.25) is 5.91 Å². The fourth-order valence-electron chi connectivity index (χ4n) is 1.03.